The predicted molar refractivity (Wildman–Crippen MR) is 84.0 cm³/mol. The first-order chi connectivity index (χ1) is 9.15. The molecular formula is C17H26ClN. The van der Waals surface area contributed by atoms with E-state index in [0.29, 0.717) is 5.92 Å². The Hall–Kier alpha value is -0.530. The molecule has 1 aromatic carbocycles. The Kier molecular flexibility index (Phi) is 5.29. The van der Waals surface area contributed by atoms with Gasteiger partial charge in [-0.25, -0.2) is 0 Å². The van der Waals surface area contributed by atoms with Crippen molar-refractivity contribution in [2.24, 2.45) is 11.8 Å². The molecule has 0 bridgehead atoms. The van der Waals surface area contributed by atoms with Gasteiger partial charge >= 0.3 is 0 Å². The van der Waals surface area contributed by atoms with Crippen LogP contribution in [-0.4, -0.2) is 13.6 Å². The van der Waals surface area contributed by atoms with Gasteiger partial charge in [0.2, 0.25) is 0 Å². The number of aryl methyl sites for hydroxylation is 1. The molecule has 0 saturated heterocycles. The molecule has 19 heavy (non-hydrogen) atoms. The van der Waals surface area contributed by atoms with Gasteiger partial charge in [-0.1, -0.05) is 43.5 Å². The molecule has 0 aromatic heterocycles. The number of hydrogen-bond donors (Lipinski definition) is 1. The van der Waals surface area contributed by atoms with Crippen molar-refractivity contribution in [1.82, 2.24) is 5.32 Å². The van der Waals surface area contributed by atoms with E-state index >= 15 is 0 Å². The van der Waals surface area contributed by atoms with Crippen molar-refractivity contribution in [3.05, 3.63) is 34.3 Å². The van der Waals surface area contributed by atoms with E-state index in [9.17, 15) is 0 Å². The van der Waals surface area contributed by atoms with Gasteiger partial charge in [0.05, 0.1) is 0 Å². The monoisotopic (exact) mass is 279 g/mol. The van der Waals surface area contributed by atoms with E-state index in [1.54, 1.807) is 0 Å². The Balaban J connectivity index is 2.22. The molecule has 1 aromatic rings. The molecule has 1 N–H and O–H groups in total. The topological polar surface area (TPSA) is 12.0 Å². The first-order valence-electron chi connectivity index (χ1n) is 7.56. The van der Waals surface area contributed by atoms with Gasteiger partial charge in [-0.05, 0) is 68.3 Å². The quantitative estimate of drug-likeness (QED) is 0.836. The highest BCUT2D eigenvalue weighted by atomic mass is 35.5. The standard InChI is InChI=1S/C17H26ClN/c1-4-13-6-8-15(11-19-3)16(9-13)14-7-5-12(2)17(18)10-14/h5,7,10,13,15-16,19H,4,6,8-9,11H2,1-3H3. The molecule has 1 nitrogen and oxygen atoms in total. The SMILES string of the molecule is CCC1CCC(CNC)C(c2ccc(C)c(Cl)c2)C1. The van der Waals surface area contributed by atoms with Crippen LogP contribution in [0.4, 0.5) is 0 Å². The third-order valence-corrected chi connectivity index (χ3v) is 5.18. The Labute approximate surface area is 122 Å². The Morgan fingerprint density at radius 1 is 1.32 bits per heavy atom. The lowest BCUT2D eigenvalue weighted by atomic mass is 9.70. The highest BCUT2D eigenvalue weighted by Gasteiger charge is 2.30. The molecule has 0 spiro atoms. The summed E-state index contributed by atoms with van der Waals surface area (Å²) in [5.74, 6) is 2.31. The highest BCUT2D eigenvalue weighted by molar-refractivity contribution is 6.31. The largest absolute Gasteiger partial charge is 0.319 e. The molecule has 0 radical (unpaired) electrons. The van der Waals surface area contributed by atoms with E-state index < -0.39 is 0 Å². The second kappa shape index (κ2) is 6.76. The van der Waals surface area contributed by atoms with Crippen molar-refractivity contribution in [2.45, 2.75) is 45.4 Å². The van der Waals surface area contributed by atoms with Crippen LogP contribution in [-0.2, 0) is 0 Å². The van der Waals surface area contributed by atoms with Crippen LogP contribution in [0.2, 0.25) is 5.02 Å². The number of hydrogen-bond acceptors (Lipinski definition) is 1. The summed E-state index contributed by atoms with van der Waals surface area (Å²) in [4.78, 5) is 0. The van der Waals surface area contributed by atoms with Gasteiger partial charge in [0.25, 0.3) is 0 Å². The third kappa shape index (κ3) is 3.52. The van der Waals surface area contributed by atoms with Crippen molar-refractivity contribution < 1.29 is 0 Å². The molecule has 3 atom stereocenters. The summed E-state index contributed by atoms with van der Waals surface area (Å²) in [6.07, 6.45) is 5.36. The lowest BCUT2D eigenvalue weighted by Gasteiger charge is -2.36. The maximum Gasteiger partial charge on any atom is 0.0438 e. The average Bonchev–Trinajstić information content (AvgIpc) is 2.43. The van der Waals surface area contributed by atoms with Gasteiger partial charge in [-0.3, -0.25) is 0 Å². The van der Waals surface area contributed by atoms with Crippen LogP contribution in [0.25, 0.3) is 0 Å². The van der Waals surface area contributed by atoms with Gasteiger partial charge in [0, 0.05) is 5.02 Å². The molecule has 0 amide bonds. The molecule has 1 aliphatic carbocycles. The molecule has 2 heteroatoms. The Bertz CT molecular complexity index is 416. The summed E-state index contributed by atoms with van der Waals surface area (Å²) < 4.78 is 0. The Morgan fingerprint density at radius 2 is 2.11 bits per heavy atom. The summed E-state index contributed by atoms with van der Waals surface area (Å²) in [6, 6.07) is 6.65. The fourth-order valence-corrected chi connectivity index (χ4v) is 3.63. The zero-order chi connectivity index (χ0) is 13.8. The normalized spacial score (nSPS) is 27.5. The zero-order valence-corrected chi connectivity index (χ0v) is 13.1. The smallest absolute Gasteiger partial charge is 0.0438 e. The molecule has 2 rings (SSSR count). The molecule has 1 aliphatic rings. The minimum absolute atomic E-state index is 0.671. The number of nitrogens with one attached hydrogen (secondary N) is 1. The summed E-state index contributed by atoms with van der Waals surface area (Å²) >= 11 is 6.31. The third-order valence-electron chi connectivity index (χ3n) is 4.77. The summed E-state index contributed by atoms with van der Waals surface area (Å²) in [6.45, 7) is 5.52. The number of benzene rings is 1. The molecular weight excluding hydrogens is 254 g/mol. The highest BCUT2D eigenvalue weighted by Crippen LogP contribution is 2.42. The lowest BCUT2D eigenvalue weighted by Crippen LogP contribution is -2.30. The molecule has 1 saturated carbocycles. The minimum atomic E-state index is 0.671. The van der Waals surface area contributed by atoms with Gasteiger partial charge in [0.1, 0.15) is 0 Å². The van der Waals surface area contributed by atoms with E-state index in [1.165, 1.54) is 36.8 Å². The van der Waals surface area contributed by atoms with Gasteiger partial charge in [0.15, 0.2) is 0 Å². The molecule has 0 heterocycles. The van der Waals surface area contributed by atoms with Crippen molar-refractivity contribution in [1.29, 1.82) is 0 Å². The van der Waals surface area contributed by atoms with Crippen LogP contribution in [0.1, 0.15) is 49.7 Å². The predicted octanol–water partition coefficient (Wildman–Crippen LogP) is 4.78. The first-order valence-corrected chi connectivity index (χ1v) is 7.94. The average molecular weight is 280 g/mol. The number of halogens is 1. The van der Waals surface area contributed by atoms with E-state index in [4.69, 9.17) is 11.6 Å². The van der Waals surface area contributed by atoms with E-state index in [1.807, 2.05) is 0 Å². The van der Waals surface area contributed by atoms with Crippen molar-refractivity contribution >= 4 is 11.6 Å². The van der Waals surface area contributed by atoms with Crippen LogP contribution in [0.5, 0.6) is 0 Å². The second-order valence-electron chi connectivity index (χ2n) is 6.02. The molecule has 0 aliphatic heterocycles. The minimum Gasteiger partial charge on any atom is -0.319 e. The zero-order valence-electron chi connectivity index (χ0n) is 12.4. The molecule has 1 fully saturated rings. The van der Waals surface area contributed by atoms with Gasteiger partial charge in [-0.15, -0.1) is 0 Å². The van der Waals surface area contributed by atoms with E-state index in [-0.39, 0.29) is 0 Å². The molecule has 3 unspecified atom stereocenters. The fourth-order valence-electron chi connectivity index (χ4n) is 3.45. The van der Waals surface area contributed by atoms with E-state index in [0.717, 1.165) is 23.4 Å². The number of rotatable bonds is 4. The summed E-state index contributed by atoms with van der Waals surface area (Å²) in [7, 11) is 2.06. The lowest BCUT2D eigenvalue weighted by molar-refractivity contribution is 0.228. The first kappa shape index (κ1) is 14.9. The maximum atomic E-state index is 6.31. The summed E-state index contributed by atoms with van der Waals surface area (Å²) in [5.41, 5.74) is 2.62. The van der Waals surface area contributed by atoms with Crippen LogP contribution in [0.3, 0.4) is 0 Å². The van der Waals surface area contributed by atoms with Crippen LogP contribution < -0.4 is 5.32 Å². The van der Waals surface area contributed by atoms with Crippen LogP contribution in [0.15, 0.2) is 18.2 Å². The van der Waals surface area contributed by atoms with Crippen molar-refractivity contribution in [3.63, 3.8) is 0 Å². The van der Waals surface area contributed by atoms with Crippen LogP contribution in [0, 0.1) is 18.8 Å². The Morgan fingerprint density at radius 3 is 2.74 bits per heavy atom. The van der Waals surface area contributed by atoms with E-state index in [2.05, 4.69) is 44.4 Å². The second-order valence-corrected chi connectivity index (χ2v) is 6.43. The van der Waals surface area contributed by atoms with Gasteiger partial charge in [-0.2, -0.15) is 0 Å². The molecule has 106 valence electrons. The van der Waals surface area contributed by atoms with Crippen molar-refractivity contribution in [3.8, 4) is 0 Å². The maximum absolute atomic E-state index is 6.31. The fraction of sp³-hybridized carbons (Fsp3) is 0.647. The van der Waals surface area contributed by atoms with Gasteiger partial charge < -0.3 is 5.32 Å². The van der Waals surface area contributed by atoms with Crippen molar-refractivity contribution in [2.75, 3.05) is 13.6 Å². The van der Waals surface area contributed by atoms with Crippen LogP contribution >= 0.6 is 11.6 Å². The summed E-state index contributed by atoms with van der Waals surface area (Å²) in [5, 5.41) is 4.28.